The van der Waals surface area contributed by atoms with Crippen LogP contribution in [0.1, 0.15) is 35.6 Å². The van der Waals surface area contributed by atoms with Gasteiger partial charge in [-0.15, -0.1) is 0 Å². The molecule has 1 atom stereocenters. The molecular weight excluding hydrogens is 328 g/mol. The average Bonchev–Trinajstić information content (AvgIpc) is 3.14. The number of anilines is 1. The van der Waals surface area contributed by atoms with Crippen molar-refractivity contribution < 1.29 is 9.53 Å². The molecule has 0 fully saturated rings. The van der Waals surface area contributed by atoms with Gasteiger partial charge in [0, 0.05) is 17.3 Å². The molecule has 6 heteroatoms. The maximum absolute atomic E-state index is 12.6. The number of nitrogens with one attached hydrogen (secondary N) is 2. The van der Waals surface area contributed by atoms with Crippen molar-refractivity contribution in [3.8, 4) is 11.6 Å². The van der Waals surface area contributed by atoms with E-state index in [1.54, 1.807) is 24.5 Å². The van der Waals surface area contributed by atoms with Crippen LogP contribution in [0.25, 0.3) is 0 Å². The highest BCUT2D eigenvalue weighted by atomic mass is 16.5. The third-order valence-electron chi connectivity index (χ3n) is 4.61. The van der Waals surface area contributed by atoms with Crippen molar-refractivity contribution >= 4 is 11.6 Å². The molecule has 4 rings (SSSR count). The minimum absolute atomic E-state index is 0.0265. The number of amides is 1. The first-order valence-corrected chi connectivity index (χ1v) is 8.72. The molecular formula is C20H20N4O2. The Kier molecular flexibility index (Phi) is 4.39. The Balaban J connectivity index is 1.41. The van der Waals surface area contributed by atoms with Crippen LogP contribution in [-0.2, 0) is 11.2 Å². The Labute approximate surface area is 151 Å². The van der Waals surface area contributed by atoms with Gasteiger partial charge in [0.2, 0.25) is 11.8 Å². The number of carbonyl (C=O) groups is 1. The number of ether oxygens (including phenoxy) is 1. The molecule has 0 radical (unpaired) electrons. The molecule has 2 aromatic heterocycles. The number of pyridine rings is 1. The molecule has 0 saturated heterocycles. The van der Waals surface area contributed by atoms with Crippen molar-refractivity contribution in [3.63, 3.8) is 0 Å². The van der Waals surface area contributed by atoms with Crippen LogP contribution in [0.4, 0.5) is 5.69 Å². The third-order valence-corrected chi connectivity index (χ3v) is 4.61. The van der Waals surface area contributed by atoms with E-state index >= 15 is 0 Å². The standard InChI is InChI=1S/C20H20N4O2/c1-13-5-8-15(9-6-13)26-19-10-7-14(11-21-19)23-20(25)16-3-2-4-18-17(16)12-22-24-18/h5-12,16H,2-4H2,1H3,(H,22,24)(H,23,25). The molecule has 1 aliphatic rings. The van der Waals surface area contributed by atoms with E-state index in [0.29, 0.717) is 11.6 Å². The van der Waals surface area contributed by atoms with Gasteiger partial charge in [-0.2, -0.15) is 5.10 Å². The van der Waals surface area contributed by atoms with Gasteiger partial charge in [0.15, 0.2) is 0 Å². The third kappa shape index (κ3) is 3.44. The summed E-state index contributed by atoms with van der Waals surface area (Å²) in [5.74, 6) is 1.03. The van der Waals surface area contributed by atoms with E-state index in [1.807, 2.05) is 31.2 Å². The lowest BCUT2D eigenvalue weighted by Gasteiger charge is -2.21. The molecule has 132 valence electrons. The number of carbonyl (C=O) groups excluding carboxylic acids is 1. The van der Waals surface area contributed by atoms with E-state index in [1.165, 1.54) is 5.56 Å². The lowest BCUT2D eigenvalue weighted by Crippen LogP contribution is -2.24. The average molecular weight is 348 g/mol. The van der Waals surface area contributed by atoms with Gasteiger partial charge in [-0.05, 0) is 44.4 Å². The highest BCUT2D eigenvalue weighted by Crippen LogP contribution is 2.31. The zero-order chi connectivity index (χ0) is 17.9. The van der Waals surface area contributed by atoms with Crippen molar-refractivity contribution in [3.05, 3.63) is 65.6 Å². The molecule has 26 heavy (non-hydrogen) atoms. The Morgan fingerprint density at radius 3 is 2.81 bits per heavy atom. The highest BCUT2D eigenvalue weighted by molar-refractivity contribution is 5.96. The van der Waals surface area contributed by atoms with E-state index in [0.717, 1.165) is 36.3 Å². The molecule has 1 amide bonds. The van der Waals surface area contributed by atoms with E-state index < -0.39 is 0 Å². The quantitative estimate of drug-likeness (QED) is 0.748. The normalized spacial score (nSPS) is 16.0. The fraction of sp³-hybridized carbons (Fsp3) is 0.250. The summed E-state index contributed by atoms with van der Waals surface area (Å²) in [5, 5.41) is 9.99. The van der Waals surface area contributed by atoms with E-state index in [-0.39, 0.29) is 11.8 Å². The number of aromatic amines is 1. The Morgan fingerprint density at radius 2 is 2.04 bits per heavy atom. The first-order valence-electron chi connectivity index (χ1n) is 8.72. The van der Waals surface area contributed by atoms with Gasteiger partial charge in [0.05, 0.1) is 24.0 Å². The second-order valence-electron chi connectivity index (χ2n) is 6.54. The van der Waals surface area contributed by atoms with Crippen LogP contribution >= 0.6 is 0 Å². The van der Waals surface area contributed by atoms with E-state index in [9.17, 15) is 4.79 Å². The number of aryl methyl sites for hydroxylation is 2. The first kappa shape index (κ1) is 16.3. The number of hydrogen-bond donors (Lipinski definition) is 2. The lowest BCUT2D eigenvalue weighted by molar-refractivity contribution is -0.117. The maximum Gasteiger partial charge on any atom is 0.232 e. The summed E-state index contributed by atoms with van der Waals surface area (Å²) in [7, 11) is 0. The van der Waals surface area contributed by atoms with Crippen molar-refractivity contribution in [1.29, 1.82) is 0 Å². The van der Waals surface area contributed by atoms with E-state index in [4.69, 9.17) is 4.74 Å². The van der Waals surface area contributed by atoms with Gasteiger partial charge in [0.25, 0.3) is 0 Å². The zero-order valence-electron chi connectivity index (χ0n) is 14.5. The molecule has 2 N–H and O–H groups in total. The molecule has 0 saturated carbocycles. The Bertz CT molecular complexity index is 900. The van der Waals surface area contributed by atoms with Crippen LogP contribution in [0.3, 0.4) is 0 Å². The number of H-pyrrole nitrogens is 1. The van der Waals surface area contributed by atoms with Gasteiger partial charge in [-0.3, -0.25) is 9.89 Å². The largest absolute Gasteiger partial charge is 0.439 e. The minimum atomic E-state index is -0.166. The van der Waals surface area contributed by atoms with Crippen LogP contribution in [0.5, 0.6) is 11.6 Å². The lowest BCUT2D eigenvalue weighted by atomic mass is 9.86. The summed E-state index contributed by atoms with van der Waals surface area (Å²) >= 11 is 0. The van der Waals surface area contributed by atoms with Crippen LogP contribution in [0, 0.1) is 6.92 Å². The summed E-state index contributed by atoms with van der Waals surface area (Å²) in [6.45, 7) is 2.03. The van der Waals surface area contributed by atoms with Crippen molar-refractivity contribution in [1.82, 2.24) is 15.2 Å². The Morgan fingerprint density at radius 1 is 1.19 bits per heavy atom. The van der Waals surface area contributed by atoms with Gasteiger partial charge in [-0.1, -0.05) is 17.7 Å². The van der Waals surface area contributed by atoms with Gasteiger partial charge >= 0.3 is 0 Å². The van der Waals surface area contributed by atoms with Gasteiger partial charge < -0.3 is 10.1 Å². The molecule has 0 spiro atoms. The molecule has 0 aliphatic heterocycles. The summed E-state index contributed by atoms with van der Waals surface area (Å²) in [6, 6.07) is 11.3. The number of aromatic nitrogens is 3. The van der Waals surface area contributed by atoms with E-state index in [2.05, 4.69) is 20.5 Å². The number of nitrogens with zero attached hydrogens (tertiary/aromatic N) is 2. The summed E-state index contributed by atoms with van der Waals surface area (Å²) in [4.78, 5) is 16.9. The van der Waals surface area contributed by atoms with Crippen molar-refractivity contribution in [2.45, 2.75) is 32.1 Å². The molecule has 3 aromatic rings. The van der Waals surface area contributed by atoms with Crippen LogP contribution < -0.4 is 10.1 Å². The fourth-order valence-corrected chi connectivity index (χ4v) is 3.20. The second-order valence-corrected chi connectivity index (χ2v) is 6.54. The summed E-state index contributed by atoms with van der Waals surface area (Å²) in [5.41, 5.74) is 3.89. The number of fused-ring (bicyclic) bond motifs is 1. The molecule has 0 bridgehead atoms. The predicted octanol–water partition coefficient (Wildman–Crippen LogP) is 3.96. The maximum atomic E-state index is 12.6. The SMILES string of the molecule is Cc1ccc(Oc2ccc(NC(=O)C3CCCc4[nH]ncc43)cn2)cc1. The summed E-state index contributed by atoms with van der Waals surface area (Å²) in [6.07, 6.45) is 6.14. The van der Waals surface area contributed by atoms with Crippen molar-refractivity contribution in [2.24, 2.45) is 0 Å². The zero-order valence-corrected chi connectivity index (χ0v) is 14.5. The van der Waals surface area contributed by atoms with Crippen molar-refractivity contribution in [2.75, 3.05) is 5.32 Å². The number of rotatable bonds is 4. The molecule has 1 unspecified atom stereocenters. The fourth-order valence-electron chi connectivity index (χ4n) is 3.20. The molecule has 2 heterocycles. The molecule has 1 aromatic carbocycles. The van der Waals surface area contributed by atoms with Crippen LogP contribution in [0.15, 0.2) is 48.8 Å². The number of benzene rings is 1. The molecule has 1 aliphatic carbocycles. The monoisotopic (exact) mass is 348 g/mol. The number of hydrogen-bond acceptors (Lipinski definition) is 4. The first-order chi connectivity index (χ1) is 12.7. The highest BCUT2D eigenvalue weighted by Gasteiger charge is 2.28. The Hall–Kier alpha value is -3.15. The minimum Gasteiger partial charge on any atom is -0.439 e. The van der Waals surface area contributed by atoms with Gasteiger partial charge in [0.1, 0.15) is 5.75 Å². The van der Waals surface area contributed by atoms with Crippen LogP contribution in [-0.4, -0.2) is 21.1 Å². The smallest absolute Gasteiger partial charge is 0.232 e. The van der Waals surface area contributed by atoms with Crippen LogP contribution in [0.2, 0.25) is 0 Å². The molecule has 6 nitrogen and oxygen atoms in total. The topological polar surface area (TPSA) is 79.9 Å². The second kappa shape index (κ2) is 7.00. The van der Waals surface area contributed by atoms with Gasteiger partial charge in [-0.25, -0.2) is 4.98 Å². The summed E-state index contributed by atoms with van der Waals surface area (Å²) < 4.78 is 5.71. The predicted molar refractivity (Wildman–Crippen MR) is 98.4 cm³/mol.